The summed E-state index contributed by atoms with van der Waals surface area (Å²) in [5.41, 5.74) is 0.204. The van der Waals surface area contributed by atoms with Crippen LogP contribution in [0.2, 0.25) is 0 Å². The second-order valence-corrected chi connectivity index (χ2v) is 4.42. The van der Waals surface area contributed by atoms with Gasteiger partial charge in [-0.1, -0.05) is 0 Å². The molecule has 0 spiro atoms. The average Bonchev–Trinajstić information content (AvgIpc) is 2.91. The molecule has 0 aliphatic rings. The number of ether oxygens (including phenoxy) is 2. The molecule has 3 aromatic rings. The van der Waals surface area contributed by atoms with Gasteiger partial charge in [0.25, 0.3) is 5.52 Å². The summed E-state index contributed by atoms with van der Waals surface area (Å²) < 4.78 is 35.0. The molecule has 0 radical (unpaired) electrons. The fourth-order valence-corrected chi connectivity index (χ4v) is 2.12. The molecule has 0 aliphatic heterocycles. The third-order valence-electron chi connectivity index (χ3n) is 3.03. The highest BCUT2D eigenvalue weighted by Crippen LogP contribution is 2.21. The highest BCUT2D eigenvalue weighted by Gasteiger charge is 2.22. The third kappa shape index (κ3) is 2.58. The van der Waals surface area contributed by atoms with Crippen molar-refractivity contribution in [3.05, 3.63) is 35.2 Å². The van der Waals surface area contributed by atoms with E-state index in [2.05, 4.69) is 14.9 Å². The number of carbonyl (C=O) groups excluding carboxylic acids is 1. The smallest absolute Gasteiger partial charge is 0.387 e. The van der Waals surface area contributed by atoms with Crippen LogP contribution in [0.3, 0.4) is 0 Å². The monoisotopic (exact) mass is 324 g/mol. The van der Waals surface area contributed by atoms with Crippen LogP contribution in [0.1, 0.15) is 17.3 Å². The first kappa shape index (κ1) is 14.9. The van der Waals surface area contributed by atoms with Crippen LogP contribution in [0.4, 0.5) is 8.78 Å². The Morgan fingerprint density at radius 1 is 1.48 bits per heavy atom. The Morgan fingerprint density at radius 2 is 2.26 bits per heavy atom. The van der Waals surface area contributed by atoms with Gasteiger partial charge in [-0.15, -0.1) is 0 Å². The van der Waals surface area contributed by atoms with Gasteiger partial charge >= 0.3 is 12.6 Å². The first-order valence-corrected chi connectivity index (χ1v) is 6.54. The second kappa shape index (κ2) is 5.63. The lowest BCUT2D eigenvalue weighted by atomic mass is 10.3. The average molecular weight is 324 g/mol. The molecule has 8 nitrogen and oxygen atoms in total. The predicted molar refractivity (Wildman–Crippen MR) is 72.0 cm³/mol. The molecule has 120 valence electrons. The Balaban J connectivity index is 2.22. The summed E-state index contributed by atoms with van der Waals surface area (Å²) in [6, 6.07) is 3.71. The van der Waals surface area contributed by atoms with Crippen LogP contribution >= 0.6 is 0 Å². The molecule has 0 saturated heterocycles. The van der Waals surface area contributed by atoms with Crippen molar-refractivity contribution in [2.45, 2.75) is 13.5 Å². The van der Waals surface area contributed by atoms with E-state index in [1.54, 1.807) is 6.92 Å². The fourth-order valence-electron chi connectivity index (χ4n) is 2.12. The van der Waals surface area contributed by atoms with Crippen molar-refractivity contribution < 1.29 is 27.9 Å². The minimum absolute atomic E-state index is 0.00136. The molecule has 0 N–H and O–H groups in total. The number of fused-ring (bicyclic) bond motifs is 3. The van der Waals surface area contributed by atoms with Crippen molar-refractivity contribution in [2.24, 2.45) is 0 Å². The molecular weight excluding hydrogens is 314 g/mol. The zero-order valence-electron chi connectivity index (χ0n) is 11.8. The van der Waals surface area contributed by atoms with Crippen molar-refractivity contribution >= 4 is 22.6 Å². The number of benzene rings is 1. The highest BCUT2D eigenvalue weighted by molar-refractivity contribution is 5.96. The van der Waals surface area contributed by atoms with Gasteiger partial charge in [0.2, 0.25) is 5.65 Å². The maximum atomic E-state index is 12.3. The Morgan fingerprint density at radius 3 is 2.96 bits per heavy atom. The summed E-state index contributed by atoms with van der Waals surface area (Å²) >= 11 is 0. The number of hydrogen-bond acceptors (Lipinski definition) is 6. The van der Waals surface area contributed by atoms with Gasteiger partial charge in [0, 0.05) is 17.2 Å². The molecule has 1 aromatic carbocycles. The molecule has 0 unspecified atom stereocenters. The van der Waals surface area contributed by atoms with Gasteiger partial charge in [-0.3, -0.25) is 0 Å². The van der Waals surface area contributed by atoms with Crippen molar-refractivity contribution in [3.63, 3.8) is 0 Å². The lowest BCUT2D eigenvalue weighted by molar-refractivity contribution is -0.640. The molecule has 10 heteroatoms. The summed E-state index contributed by atoms with van der Waals surface area (Å²) in [5, 5.41) is 19.7. The fraction of sp³-hybridized carbons (Fsp3) is 0.231. The largest absolute Gasteiger partial charge is 0.594 e. The van der Waals surface area contributed by atoms with Gasteiger partial charge in [0.1, 0.15) is 16.8 Å². The maximum absolute atomic E-state index is 12.3. The summed E-state index contributed by atoms with van der Waals surface area (Å²) in [6.07, 6.45) is 1.19. The predicted octanol–water partition coefficient (Wildman–Crippen LogP) is 1.29. The maximum Gasteiger partial charge on any atom is 0.387 e. The molecule has 2 aromatic heterocycles. The van der Waals surface area contributed by atoms with Crippen LogP contribution in [0.15, 0.2) is 24.4 Å². The number of aromatic nitrogens is 4. The number of nitrogens with zero attached hydrogens (tertiary/aromatic N) is 4. The number of alkyl halides is 2. The third-order valence-corrected chi connectivity index (χ3v) is 3.03. The number of carbonyl (C=O) groups is 1. The molecular formula is C13H10F2N4O4. The molecule has 0 aliphatic carbocycles. The number of hydrogen-bond donors (Lipinski definition) is 0. The normalized spacial score (nSPS) is 11.3. The zero-order chi connectivity index (χ0) is 16.6. The zero-order valence-corrected chi connectivity index (χ0v) is 11.8. The molecule has 23 heavy (non-hydrogen) atoms. The van der Waals surface area contributed by atoms with E-state index in [1.165, 1.54) is 28.9 Å². The molecule has 0 saturated carbocycles. The minimum atomic E-state index is -3.00. The first-order valence-electron chi connectivity index (χ1n) is 6.54. The molecule has 0 amide bonds. The second-order valence-electron chi connectivity index (χ2n) is 4.42. The lowest BCUT2D eigenvalue weighted by Gasteiger charge is -2.06. The van der Waals surface area contributed by atoms with Gasteiger partial charge in [-0.2, -0.15) is 13.9 Å². The van der Waals surface area contributed by atoms with E-state index in [0.29, 0.717) is 0 Å². The number of halogens is 2. The van der Waals surface area contributed by atoms with E-state index in [1.807, 2.05) is 0 Å². The van der Waals surface area contributed by atoms with Crippen LogP contribution in [0.25, 0.3) is 16.7 Å². The number of rotatable bonds is 4. The van der Waals surface area contributed by atoms with E-state index in [-0.39, 0.29) is 39.4 Å². The standard InChI is InChI=1S/C13H10F2N4O4/c1-2-22-12(20)8-6-16-18-10-5-7(23-13(14)15)3-4-9(10)19(21)17-11(8)18/h3-6,13H,2H2,1H3. The van der Waals surface area contributed by atoms with Gasteiger partial charge in [-0.05, 0) is 17.8 Å². The molecule has 2 heterocycles. The van der Waals surface area contributed by atoms with E-state index in [9.17, 15) is 18.8 Å². The minimum Gasteiger partial charge on any atom is -0.594 e. The lowest BCUT2D eigenvalue weighted by Crippen LogP contribution is -2.33. The summed E-state index contributed by atoms with van der Waals surface area (Å²) in [4.78, 5) is 12.1. The van der Waals surface area contributed by atoms with Crippen LogP contribution in [0.5, 0.6) is 5.75 Å². The molecule has 3 rings (SSSR count). The number of esters is 1. The van der Waals surface area contributed by atoms with E-state index in [4.69, 9.17) is 4.74 Å². The molecule has 0 bridgehead atoms. The Bertz CT molecular complexity index is 896. The van der Waals surface area contributed by atoms with Crippen LogP contribution in [-0.2, 0) is 4.74 Å². The van der Waals surface area contributed by atoms with Crippen molar-refractivity contribution in [1.82, 2.24) is 14.7 Å². The Kier molecular flexibility index (Phi) is 3.64. The topological polar surface area (TPSA) is 92.7 Å². The van der Waals surface area contributed by atoms with Crippen LogP contribution in [0, 0.1) is 5.21 Å². The Labute approximate surface area is 127 Å². The van der Waals surface area contributed by atoms with Crippen molar-refractivity contribution in [2.75, 3.05) is 6.61 Å². The van der Waals surface area contributed by atoms with Gasteiger partial charge in [0.05, 0.1) is 12.8 Å². The first-order chi connectivity index (χ1) is 11.0. The molecule has 0 atom stereocenters. The Hall–Kier alpha value is -3.04. The van der Waals surface area contributed by atoms with Gasteiger partial charge in [-0.25, -0.2) is 9.31 Å². The highest BCUT2D eigenvalue weighted by atomic mass is 19.3. The SMILES string of the molecule is CCOC(=O)c1cnn2c1n[n+]([O-])c1ccc(OC(F)F)cc12. The van der Waals surface area contributed by atoms with Gasteiger partial charge < -0.3 is 14.7 Å². The van der Waals surface area contributed by atoms with Crippen LogP contribution < -0.4 is 9.58 Å². The van der Waals surface area contributed by atoms with Crippen molar-refractivity contribution in [1.29, 1.82) is 0 Å². The summed E-state index contributed by atoms with van der Waals surface area (Å²) in [5.74, 6) is -0.831. The van der Waals surface area contributed by atoms with E-state index < -0.39 is 12.6 Å². The quantitative estimate of drug-likeness (QED) is 0.408. The van der Waals surface area contributed by atoms with Crippen LogP contribution in [-0.4, -0.2) is 33.9 Å². The van der Waals surface area contributed by atoms with Crippen molar-refractivity contribution in [3.8, 4) is 5.75 Å². The van der Waals surface area contributed by atoms with E-state index >= 15 is 0 Å². The summed E-state index contributed by atoms with van der Waals surface area (Å²) in [6.45, 7) is -1.22. The molecule has 0 fully saturated rings. The summed E-state index contributed by atoms with van der Waals surface area (Å²) in [7, 11) is 0. The van der Waals surface area contributed by atoms with E-state index in [0.717, 1.165) is 0 Å². The van der Waals surface area contributed by atoms with Gasteiger partial charge in [0.15, 0.2) is 0 Å².